The maximum Gasteiger partial charge on any atom is 0.410 e. The van der Waals surface area contributed by atoms with Crippen LogP contribution in [0.2, 0.25) is 0 Å². The van der Waals surface area contributed by atoms with Crippen molar-refractivity contribution in [2.75, 3.05) is 13.2 Å². The molecule has 0 heterocycles. The Morgan fingerprint density at radius 1 is 0.939 bits per heavy atom. The number of aliphatic carboxylic acids is 1. The number of carboxylic acids is 1. The largest absolute Gasteiger partial charge is 0.479 e. The zero-order valence-electron chi connectivity index (χ0n) is 18.6. The average Bonchev–Trinajstić information content (AvgIpc) is 3.64. The molecular weight excluding hydrogens is 414 g/mol. The van der Waals surface area contributed by atoms with E-state index in [1.807, 2.05) is 48.5 Å². The Morgan fingerprint density at radius 3 is 2.03 bits per heavy atom. The number of carbonyl (C=O) groups is 2. The van der Waals surface area contributed by atoms with Crippen LogP contribution in [0.1, 0.15) is 59.9 Å². The van der Waals surface area contributed by atoms with Crippen LogP contribution < -0.4 is 0 Å². The second-order valence-corrected chi connectivity index (χ2v) is 8.77. The Labute approximate surface area is 193 Å². The van der Waals surface area contributed by atoms with Crippen LogP contribution in [-0.2, 0) is 9.53 Å². The van der Waals surface area contributed by atoms with E-state index in [9.17, 15) is 14.7 Å². The second kappa shape index (κ2) is 8.74. The van der Waals surface area contributed by atoms with Gasteiger partial charge in [-0.2, -0.15) is 0 Å². The van der Waals surface area contributed by atoms with E-state index in [-0.39, 0.29) is 19.1 Å². The Hall–Kier alpha value is -3.60. The summed E-state index contributed by atoms with van der Waals surface area (Å²) in [5.41, 5.74) is 6.37. The fourth-order valence-corrected chi connectivity index (χ4v) is 4.92. The summed E-state index contributed by atoms with van der Waals surface area (Å²) in [6.45, 7) is 2.17. The molecule has 5 heteroatoms. The van der Waals surface area contributed by atoms with Crippen LogP contribution in [0.15, 0.2) is 72.8 Å². The number of ether oxygens (including phenoxy) is 1. The molecule has 33 heavy (non-hydrogen) atoms. The van der Waals surface area contributed by atoms with Gasteiger partial charge in [-0.05, 0) is 59.1 Å². The first-order valence-electron chi connectivity index (χ1n) is 11.5. The molecule has 5 rings (SSSR count). The van der Waals surface area contributed by atoms with Gasteiger partial charge in [0.05, 0.1) is 0 Å². The van der Waals surface area contributed by atoms with Gasteiger partial charge in [0, 0.05) is 12.5 Å². The Bertz CT molecular complexity index is 1140. The van der Waals surface area contributed by atoms with Crippen molar-refractivity contribution in [3.63, 3.8) is 0 Å². The SMILES string of the molecule is CCN(C(=O)OCC1c2ccccc2-c2ccccc21)C(C(=O)O)c1ccc(C2CC2)cc1. The number of fused-ring (bicyclic) bond motifs is 3. The van der Waals surface area contributed by atoms with E-state index in [0.717, 1.165) is 22.3 Å². The number of likely N-dealkylation sites (N-methyl/N-ethyl adjacent to an activating group) is 1. The molecule has 3 aromatic rings. The fourth-order valence-electron chi connectivity index (χ4n) is 4.92. The average molecular weight is 442 g/mol. The van der Waals surface area contributed by atoms with Crippen LogP contribution in [0.4, 0.5) is 4.79 Å². The van der Waals surface area contributed by atoms with Gasteiger partial charge in [-0.25, -0.2) is 9.59 Å². The lowest BCUT2D eigenvalue weighted by atomic mass is 9.98. The van der Waals surface area contributed by atoms with Crippen LogP contribution in [0.5, 0.6) is 0 Å². The molecule has 0 radical (unpaired) electrons. The summed E-state index contributed by atoms with van der Waals surface area (Å²) >= 11 is 0. The Morgan fingerprint density at radius 2 is 1.52 bits per heavy atom. The molecule has 2 aliphatic rings. The minimum atomic E-state index is -1.08. The maximum atomic E-state index is 13.1. The molecule has 1 amide bonds. The maximum absolute atomic E-state index is 13.1. The van der Waals surface area contributed by atoms with Crippen molar-refractivity contribution < 1.29 is 19.4 Å². The smallest absolute Gasteiger partial charge is 0.410 e. The van der Waals surface area contributed by atoms with Crippen molar-refractivity contribution in [1.29, 1.82) is 0 Å². The summed E-state index contributed by atoms with van der Waals surface area (Å²) < 4.78 is 5.74. The predicted molar refractivity (Wildman–Crippen MR) is 126 cm³/mol. The molecule has 1 unspecified atom stereocenters. The van der Waals surface area contributed by atoms with E-state index in [1.54, 1.807) is 6.92 Å². The molecule has 0 bridgehead atoms. The first-order chi connectivity index (χ1) is 16.1. The van der Waals surface area contributed by atoms with E-state index in [4.69, 9.17) is 4.74 Å². The number of rotatable bonds is 7. The Balaban J connectivity index is 1.35. The Kier molecular flexibility index (Phi) is 5.63. The number of amides is 1. The summed E-state index contributed by atoms with van der Waals surface area (Å²) in [4.78, 5) is 26.6. The monoisotopic (exact) mass is 441 g/mol. The third-order valence-electron chi connectivity index (χ3n) is 6.76. The fraction of sp³-hybridized carbons (Fsp3) is 0.286. The first kappa shape index (κ1) is 21.3. The van der Waals surface area contributed by atoms with Gasteiger partial charge in [-0.3, -0.25) is 4.90 Å². The van der Waals surface area contributed by atoms with Crippen molar-refractivity contribution >= 4 is 12.1 Å². The van der Waals surface area contributed by atoms with Crippen molar-refractivity contribution in [3.8, 4) is 11.1 Å². The van der Waals surface area contributed by atoms with Crippen molar-refractivity contribution in [2.45, 2.75) is 37.6 Å². The number of nitrogens with zero attached hydrogens (tertiary/aromatic N) is 1. The third kappa shape index (κ3) is 3.99. The molecule has 1 N–H and O–H groups in total. The van der Waals surface area contributed by atoms with Gasteiger partial charge in [-0.15, -0.1) is 0 Å². The van der Waals surface area contributed by atoms with Gasteiger partial charge in [0.15, 0.2) is 6.04 Å². The van der Waals surface area contributed by atoms with E-state index < -0.39 is 18.1 Å². The molecule has 0 aliphatic heterocycles. The number of hydrogen-bond acceptors (Lipinski definition) is 3. The molecule has 1 fully saturated rings. The minimum Gasteiger partial charge on any atom is -0.479 e. The molecule has 0 spiro atoms. The molecule has 1 saturated carbocycles. The minimum absolute atomic E-state index is 0.0684. The highest BCUT2D eigenvalue weighted by atomic mass is 16.6. The number of benzene rings is 3. The molecular formula is C28H27NO4. The highest BCUT2D eigenvalue weighted by Gasteiger charge is 2.34. The summed E-state index contributed by atoms with van der Waals surface area (Å²) in [6.07, 6.45) is 1.75. The highest BCUT2D eigenvalue weighted by molar-refractivity contribution is 5.82. The van der Waals surface area contributed by atoms with Gasteiger partial charge in [-0.1, -0.05) is 72.8 Å². The number of carbonyl (C=O) groups excluding carboxylic acids is 1. The number of hydrogen-bond donors (Lipinski definition) is 1. The van der Waals surface area contributed by atoms with Crippen molar-refractivity contribution in [1.82, 2.24) is 4.90 Å². The van der Waals surface area contributed by atoms with Crippen LogP contribution in [0, 0.1) is 0 Å². The van der Waals surface area contributed by atoms with Crippen LogP contribution in [0.25, 0.3) is 11.1 Å². The zero-order chi connectivity index (χ0) is 22.9. The second-order valence-electron chi connectivity index (χ2n) is 8.77. The van der Waals surface area contributed by atoms with E-state index >= 15 is 0 Å². The molecule has 0 aromatic heterocycles. The van der Waals surface area contributed by atoms with Crippen molar-refractivity contribution in [3.05, 3.63) is 95.1 Å². The van der Waals surface area contributed by atoms with Crippen molar-refractivity contribution in [2.24, 2.45) is 0 Å². The van der Waals surface area contributed by atoms with Gasteiger partial charge in [0.2, 0.25) is 0 Å². The summed E-state index contributed by atoms with van der Waals surface area (Å²) in [5, 5.41) is 9.96. The normalized spacial score (nSPS) is 15.4. The lowest BCUT2D eigenvalue weighted by Crippen LogP contribution is -2.39. The zero-order valence-corrected chi connectivity index (χ0v) is 18.6. The lowest BCUT2D eigenvalue weighted by Gasteiger charge is -2.28. The van der Waals surface area contributed by atoms with Crippen LogP contribution in [0.3, 0.4) is 0 Å². The predicted octanol–water partition coefficient (Wildman–Crippen LogP) is 5.96. The van der Waals surface area contributed by atoms with Gasteiger partial charge in [0.25, 0.3) is 0 Å². The van der Waals surface area contributed by atoms with Crippen LogP contribution in [-0.4, -0.2) is 35.2 Å². The van der Waals surface area contributed by atoms with E-state index in [1.165, 1.54) is 23.3 Å². The molecule has 3 aromatic carbocycles. The molecule has 2 aliphatic carbocycles. The summed E-state index contributed by atoms with van der Waals surface area (Å²) in [5.74, 6) is -0.544. The third-order valence-corrected chi connectivity index (χ3v) is 6.76. The quantitative estimate of drug-likeness (QED) is 0.491. The molecule has 5 nitrogen and oxygen atoms in total. The summed E-state index contributed by atoms with van der Waals surface area (Å²) in [6, 6.07) is 22.8. The standard InChI is InChI=1S/C28H27NO4/c1-2-29(26(27(30)31)20-15-13-19(14-16-20)18-11-12-18)28(32)33-17-25-23-9-5-3-7-21(23)22-8-4-6-10-24(22)25/h3-10,13-16,18,25-26H,2,11-12,17H2,1H3,(H,30,31). The highest BCUT2D eigenvalue weighted by Crippen LogP contribution is 2.44. The number of carboxylic acid groups (broad SMARTS) is 1. The van der Waals surface area contributed by atoms with E-state index in [2.05, 4.69) is 24.3 Å². The molecule has 1 atom stereocenters. The van der Waals surface area contributed by atoms with Gasteiger partial charge >= 0.3 is 12.1 Å². The van der Waals surface area contributed by atoms with Crippen LogP contribution >= 0.6 is 0 Å². The summed E-state index contributed by atoms with van der Waals surface area (Å²) in [7, 11) is 0. The van der Waals surface area contributed by atoms with Gasteiger partial charge < -0.3 is 9.84 Å². The van der Waals surface area contributed by atoms with E-state index in [0.29, 0.717) is 11.5 Å². The molecule has 168 valence electrons. The lowest BCUT2D eigenvalue weighted by molar-refractivity contribution is -0.143. The van der Waals surface area contributed by atoms with Gasteiger partial charge in [0.1, 0.15) is 6.61 Å². The topological polar surface area (TPSA) is 66.8 Å². The molecule has 0 saturated heterocycles. The first-order valence-corrected chi connectivity index (χ1v) is 11.5.